The van der Waals surface area contributed by atoms with Crippen LogP contribution in [-0.2, 0) is 21.5 Å². The van der Waals surface area contributed by atoms with Crippen LogP contribution in [0.5, 0.6) is 0 Å². The first kappa shape index (κ1) is 22.5. The maximum absolute atomic E-state index is 12.4. The summed E-state index contributed by atoms with van der Waals surface area (Å²) >= 11 is 0. The molecule has 2 aromatic rings. The van der Waals surface area contributed by atoms with E-state index in [4.69, 9.17) is 0 Å². The lowest BCUT2D eigenvalue weighted by atomic mass is 9.87. The number of carbonyl (C=O) groups is 3. The Balaban J connectivity index is 1.50. The molecule has 1 heterocycles. The molecule has 3 amide bonds. The molecule has 2 aromatic carbocycles. The van der Waals surface area contributed by atoms with Crippen molar-refractivity contribution in [3.05, 3.63) is 65.2 Å². The van der Waals surface area contributed by atoms with Crippen molar-refractivity contribution in [1.82, 2.24) is 10.2 Å². The quantitative estimate of drug-likeness (QED) is 0.776. The van der Waals surface area contributed by atoms with E-state index >= 15 is 0 Å². The lowest BCUT2D eigenvalue weighted by Crippen LogP contribution is -2.37. The molecular formula is C25H31N3O3. The van der Waals surface area contributed by atoms with Gasteiger partial charge < -0.3 is 15.1 Å². The molecule has 0 spiro atoms. The van der Waals surface area contributed by atoms with Crippen molar-refractivity contribution in [3.8, 4) is 0 Å². The van der Waals surface area contributed by atoms with E-state index in [2.05, 4.69) is 38.2 Å². The van der Waals surface area contributed by atoms with Gasteiger partial charge in [-0.1, -0.05) is 45.0 Å². The summed E-state index contributed by atoms with van der Waals surface area (Å²) in [4.78, 5) is 40.0. The third-order valence-corrected chi connectivity index (χ3v) is 5.58. The fourth-order valence-electron chi connectivity index (χ4n) is 3.58. The second kappa shape index (κ2) is 9.33. The molecule has 0 unspecified atom stereocenters. The van der Waals surface area contributed by atoms with Crippen LogP contribution in [-0.4, -0.2) is 42.8 Å². The van der Waals surface area contributed by atoms with Crippen LogP contribution in [0.2, 0.25) is 0 Å². The molecule has 31 heavy (non-hydrogen) atoms. The molecule has 1 aliphatic heterocycles. The van der Waals surface area contributed by atoms with Crippen LogP contribution >= 0.6 is 0 Å². The van der Waals surface area contributed by atoms with Crippen LogP contribution in [0.4, 0.5) is 5.69 Å². The third-order valence-electron chi connectivity index (χ3n) is 5.58. The van der Waals surface area contributed by atoms with E-state index in [0.717, 1.165) is 17.7 Å². The number of hydrogen-bond donors (Lipinski definition) is 1. The predicted molar refractivity (Wildman–Crippen MR) is 122 cm³/mol. The Morgan fingerprint density at radius 3 is 2.23 bits per heavy atom. The molecule has 6 nitrogen and oxygen atoms in total. The SMILES string of the molecule is CN(Cc1ccc(C(C)(C)C)cc1)C(=O)CNC(=O)c1ccc(N2CCCC2=O)cc1. The Morgan fingerprint density at radius 1 is 1.03 bits per heavy atom. The fourth-order valence-corrected chi connectivity index (χ4v) is 3.58. The minimum Gasteiger partial charge on any atom is -0.343 e. The van der Waals surface area contributed by atoms with Gasteiger partial charge in [0.2, 0.25) is 11.8 Å². The summed E-state index contributed by atoms with van der Waals surface area (Å²) in [5.74, 6) is -0.359. The molecule has 1 saturated heterocycles. The van der Waals surface area contributed by atoms with Crippen molar-refractivity contribution in [2.75, 3.05) is 25.0 Å². The summed E-state index contributed by atoms with van der Waals surface area (Å²) in [5, 5.41) is 2.68. The third kappa shape index (κ3) is 5.72. The number of amides is 3. The Bertz CT molecular complexity index is 943. The van der Waals surface area contributed by atoms with E-state index in [1.807, 2.05) is 12.1 Å². The summed E-state index contributed by atoms with van der Waals surface area (Å²) < 4.78 is 0. The highest BCUT2D eigenvalue weighted by Gasteiger charge is 2.22. The summed E-state index contributed by atoms with van der Waals surface area (Å²) in [6.45, 7) is 7.63. The smallest absolute Gasteiger partial charge is 0.251 e. The highest BCUT2D eigenvalue weighted by molar-refractivity contribution is 5.98. The van der Waals surface area contributed by atoms with Crippen molar-refractivity contribution in [3.63, 3.8) is 0 Å². The molecule has 0 aromatic heterocycles. The molecule has 6 heteroatoms. The van der Waals surface area contributed by atoms with Gasteiger partial charge in [0.25, 0.3) is 5.91 Å². The number of benzene rings is 2. The standard InChI is InChI=1S/C25H31N3O3/c1-25(2,3)20-11-7-18(8-12-20)17-27(4)23(30)16-26-24(31)19-9-13-21(14-10-19)28-15-5-6-22(28)29/h7-14H,5-6,15-17H2,1-4H3,(H,26,31). The molecule has 0 radical (unpaired) electrons. The van der Waals surface area contributed by atoms with Gasteiger partial charge in [-0.25, -0.2) is 0 Å². The maximum atomic E-state index is 12.4. The Kier molecular flexibility index (Phi) is 6.78. The van der Waals surface area contributed by atoms with Crippen LogP contribution in [0, 0.1) is 0 Å². The lowest BCUT2D eigenvalue weighted by Gasteiger charge is -2.21. The summed E-state index contributed by atoms with van der Waals surface area (Å²) in [6, 6.07) is 15.2. The summed E-state index contributed by atoms with van der Waals surface area (Å²) in [5.41, 5.74) is 3.64. The molecular weight excluding hydrogens is 390 g/mol. The molecule has 1 aliphatic rings. The topological polar surface area (TPSA) is 69.7 Å². The van der Waals surface area contributed by atoms with Gasteiger partial charge in [0.05, 0.1) is 6.54 Å². The zero-order valence-electron chi connectivity index (χ0n) is 18.8. The first-order valence-electron chi connectivity index (χ1n) is 10.7. The Morgan fingerprint density at radius 2 is 1.68 bits per heavy atom. The van der Waals surface area contributed by atoms with E-state index in [-0.39, 0.29) is 29.7 Å². The Labute approximate surface area is 184 Å². The molecule has 0 bridgehead atoms. The minimum atomic E-state index is -0.310. The lowest BCUT2D eigenvalue weighted by molar-refractivity contribution is -0.129. The first-order valence-corrected chi connectivity index (χ1v) is 10.7. The van der Waals surface area contributed by atoms with Crippen LogP contribution in [0.25, 0.3) is 0 Å². The zero-order valence-corrected chi connectivity index (χ0v) is 18.8. The van der Waals surface area contributed by atoms with E-state index in [1.165, 1.54) is 5.56 Å². The van der Waals surface area contributed by atoms with Crippen molar-refractivity contribution >= 4 is 23.4 Å². The van der Waals surface area contributed by atoms with Crippen LogP contribution in [0.15, 0.2) is 48.5 Å². The van der Waals surface area contributed by atoms with E-state index in [0.29, 0.717) is 25.1 Å². The van der Waals surface area contributed by atoms with E-state index in [1.54, 1.807) is 41.1 Å². The number of nitrogens with one attached hydrogen (secondary N) is 1. The van der Waals surface area contributed by atoms with Crippen molar-refractivity contribution in [2.45, 2.75) is 45.6 Å². The number of likely N-dealkylation sites (N-methyl/N-ethyl adjacent to an activating group) is 1. The van der Waals surface area contributed by atoms with Gasteiger partial charge in [-0.2, -0.15) is 0 Å². The normalized spacial score (nSPS) is 13.9. The zero-order chi connectivity index (χ0) is 22.6. The average molecular weight is 422 g/mol. The molecule has 0 atom stereocenters. The minimum absolute atomic E-state index is 0.0677. The second-order valence-electron chi connectivity index (χ2n) is 9.08. The highest BCUT2D eigenvalue weighted by Crippen LogP contribution is 2.23. The summed E-state index contributed by atoms with van der Waals surface area (Å²) in [7, 11) is 1.73. The maximum Gasteiger partial charge on any atom is 0.251 e. The van der Waals surface area contributed by atoms with E-state index in [9.17, 15) is 14.4 Å². The number of carbonyl (C=O) groups excluding carboxylic acids is 3. The molecule has 164 valence electrons. The van der Waals surface area contributed by atoms with Crippen molar-refractivity contribution < 1.29 is 14.4 Å². The number of anilines is 1. The highest BCUT2D eigenvalue weighted by atomic mass is 16.2. The molecule has 3 rings (SSSR count). The summed E-state index contributed by atoms with van der Waals surface area (Å²) in [6.07, 6.45) is 1.43. The second-order valence-corrected chi connectivity index (χ2v) is 9.08. The van der Waals surface area contributed by atoms with Crippen LogP contribution < -0.4 is 10.2 Å². The van der Waals surface area contributed by atoms with Gasteiger partial charge in [0.1, 0.15) is 0 Å². The molecule has 0 aliphatic carbocycles. The monoisotopic (exact) mass is 421 g/mol. The van der Waals surface area contributed by atoms with Gasteiger partial charge in [-0.05, 0) is 47.2 Å². The average Bonchev–Trinajstić information content (AvgIpc) is 3.17. The van der Waals surface area contributed by atoms with Gasteiger partial charge in [-0.15, -0.1) is 0 Å². The number of rotatable bonds is 6. The largest absolute Gasteiger partial charge is 0.343 e. The van der Waals surface area contributed by atoms with Gasteiger partial charge in [0.15, 0.2) is 0 Å². The molecule has 1 fully saturated rings. The van der Waals surface area contributed by atoms with Gasteiger partial charge in [0, 0.05) is 37.8 Å². The van der Waals surface area contributed by atoms with Crippen molar-refractivity contribution in [1.29, 1.82) is 0 Å². The van der Waals surface area contributed by atoms with Crippen molar-refractivity contribution in [2.24, 2.45) is 0 Å². The van der Waals surface area contributed by atoms with Gasteiger partial charge in [-0.3, -0.25) is 14.4 Å². The molecule has 1 N–H and O–H groups in total. The fraction of sp³-hybridized carbons (Fsp3) is 0.400. The van der Waals surface area contributed by atoms with Gasteiger partial charge >= 0.3 is 0 Å². The van der Waals surface area contributed by atoms with Crippen LogP contribution in [0.1, 0.15) is 55.1 Å². The number of hydrogen-bond acceptors (Lipinski definition) is 3. The molecule has 0 saturated carbocycles. The number of nitrogens with zero attached hydrogens (tertiary/aromatic N) is 2. The van der Waals surface area contributed by atoms with E-state index < -0.39 is 0 Å². The van der Waals surface area contributed by atoms with Crippen LogP contribution in [0.3, 0.4) is 0 Å². The Hall–Kier alpha value is -3.15. The first-order chi connectivity index (χ1) is 14.6. The predicted octanol–water partition coefficient (Wildman–Crippen LogP) is 3.50.